The molecule has 1 aromatic heterocycles. The van der Waals surface area contributed by atoms with Crippen molar-refractivity contribution in [1.29, 1.82) is 0 Å². The number of rotatable bonds is 8. The van der Waals surface area contributed by atoms with Crippen molar-refractivity contribution in [1.82, 2.24) is 4.31 Å². The van der Waals surface area contributed by atoms with E-state index in [1.54, 1.807) is 35.7 Å². The van der Waals surface area contributed by atoms with Crippen LogP contribution < -0.4 is 4.90 Å². The van der Waals surface area contributed by atoms with E-state index in [1.165, 1.54) is 11.3 Å². The molecule has 2 saturated heterocycles. The van der Waals surface area contributed by atoms with E-state index in [1.807, 2.05) is 24.3 Å². The molecule has 2 fully saturated rings. The lowest BCUT2D eigenvalue weighted by Gasteiger charge is -2.43. The highest BCUT2D eigenvalue weighted by Crippen LogP contribution is 2.30. The molecule has 0 radical (unpaired) electrons. The Labute approximate surface area is 194 Å². The number of anilines is 1. The van der Waals surface area contributed by atoms with Crippen molar-refractivity contribution in [3.05, 3.63) is 47.3 Å². The van der Waals surface area contributed by atoms with E-state index in [-0.39, 0.29) is 11.5 Å². The van der Waals surface area contributed by atoms with E-state index in [4.69, 9.17) is 9.47 Å². The normalized spacial score (nSPS) is 22.0. The summed E-state index contributed by atoms with van der Waals surface area (Å²) in [4.78, 5) is 2.22. The Bertz CT molecular complexity index is 996. The SMILES string of the molecule is CC1(COC[C@H]2CN(S(=O)(=O)c3cccs3)CCN2c2ccc(C(C)(C)O)cc2)COC1. The largest absolute Gasteiger partial charge is 0.386 e. The van der Waals surface area contributed by atoms with Crippen LogP contribution in [0.4, 0.5) is 5.69 Å². The molecule has 176 valence electrons. The van der Waals surface area contributed by atoms with E-state index in [0.29, 0.717) is 50.3 Å². The smallest absolute Gasteiger partial charge is 0.252 e. The number of nitrogens with zero attached hydrogens (tertiary/aromatic N) is 2. The third-order valence-corrected chi connectivity index (χ3v) is 9.34. The number of sulfonamides is 1. The van der Waals surface area contributed by atoms with Crippen molar-refractivity contribution in [3.8, 4) is 0 Å². The standard InChI is InChI=1S/C23H32N2O5S2/c1-22(2,26)18-6-8-19(9-7-18)25-11-10-24(32(27,28)21-5-4-12-31-21)13-20(25)14-29-15-23(3)16-30-17-23/h4-9,12,20,26H,10-11,13-17H2,1-3H3/t20-/m1/s1. The minimum absolute atomic E-state index is 0.0383. The van der Waals surface area contributed by atoms with Crippen LogP contribution in [0.5, 0.6) is 0 Å². The molecule has 0 bridgehead atoms. The zero-order valence-corrected chi connectivity index (χ0v) is 20.5. The van der Waals surface area contributed by atoms with Gasteiger partial charge in [-0.3, -0.25) is 0 Å². The van der Waals surface area contributed by atoms with E-state index in [9.17, 15) is 13.5 Å². The summed E-state index contributed by atoms with van der Waals surface area (Å²) >= 11 is 1.25. The Morgan fingerprint density at radius 2 is 1.94 bits per heavy atom. The fraction of sp³-hybridized carbons (Fsp3) is 0.565. The average Bonchev–Trinajstić information content (AvgIpc) is 3.28. The maximum absolute atomic E-state index is 13.1. The molecule has 1 atom stereocenters. The number of ether oxygens (including phenoxy) is 2. The monoisotopic (exact) mass is 480 g/mol. The summed E-state index contributed by atoms with van der Waals surface area (Å²) in [5, 5.41) is 12.0. The highest BCUT2D eigenvalue weighted by molar-refractivity contribution is 7.91. The van der Waals surface area contributed by atoms with Crippen LogP contribution in [0.3, 0.4) is 0 Å². The summed E-state index contributed by atoms with van der Waals surface area (Å²) in [5.74, 6) is 0. The molecule has 7 nitrogen and oxygen atoms in total. The zero-order valence-electron chi connectivity index (χ0n) is 18.9. The first kappa shape index (κ1) is 23.7. The zero-order chi connectivity index (χ0) is 23.0. The molecule has 2 aliphatic rings. The number of piperazine rings is 1. The highest BCUT2D eigenvalue weighted by Gasteiger charge is 2.37. The molecule has 0 amide bonds. The number of thiophene rings is 1. The van der Waals surface area contributed by atoms with Crippen molar-refractivity contribution >= 4 is 27.0 Å². The first-order valence-electron chi connectivity index (χ1n) is 10.9. The van der Waals surface area contributed by atoms with Gasteiger partial charge >= 0.3 is 0 Å². The van der Waals surface area contributed by atoms with Crippen LogP contribution in [-0.2, 0) is 25.1 Å². The van der Waals surface area contributed by atoms with E-state index < -0.39 is 15.6 Å². The van der Waals surface area contributed by atoms with Gasteiger partial charge in [-0.1, -0.05) is 25.1 Å². The van der Waals surface area contributed by atoms with Gasteiger partial charge in [0.05, 0.1) is 38.1 Å². The Morgan fingerprint density at radius 1 is 1.22 bits per heavy atom. The minimum Gasteiger partial charge on any atom is -0.386 e. The second-order valence-electron chi connectivity index (χ2n) is 9.57. The minimum atomic E-state index is -3.51. The molecule has 0 aliphatic carbocycles. The predicted octanol–water partition coefficient (Wildman–Crippen LogP) is 2.91. The summed E-state index contributed by atoms with van der Waals surface area (Å²) in [7, 11) is -3.51. The average molecular weight is 481 g/mol. The number of hydrogen-bond donors (Lipinski definition) is 1. The fourth-order valence-electron chi connectivity index (χ4n) is 4.10. The van der Waals surface area contributed by atoms with Gasteiger partial charge in [-0.15, -0.1) is 11.3 Å². The summed E-state index contributed by atoms with van der Waals surface area (Å²) < 4.78 is 39.6. The molecule has 32 heavy (non-hydrogen) atoms. The van der Waals surface area contributed by atoms with Crippen LogP contribution in [0.1, 0.15) is 26.3 Å². The fourth-order valence-corrected chi connectivity index (χ4v) is 6.71. The molecule has 2 aliphatic heterocycles. The molecule has 4 rings (SSSR count). The summed E-state index contributed by atoms with van der Waals surface area (Å²) in [6.45, 7) is 9.41. The Morgan fingerprint density at radius 3 is 2.50 bits per heavy atom. The molecule has 0 spiro atoms. The van der Waals surface area contributed by atoms with E-state index >= 15 is 0 Å². The number of aliphatic hydroxyl groups is 1. The van der Waals surface area contributed by atoms with Gasteiger partial charge in [0.15, 0.2) is 0 Å². The first-order chi connectivity index (χ1) is 15.1. The summed E-state index contributed by atoms with van der Waals surface area (Å²) in [6.07, 6.45) is 0. The predicted molar refractivity (Wildman–Crippen MR) is 126 cm³/mol. The molecule has 1 N–H and O–H groups in total. The Balaban J connectivity index is 1.52. The van der Waals surface area contributed by atoms with Gasteiger partial charge in [0.2, 0.25) is 0 Å². The van der Waals surface area contributed by atoms with Crippen molar-refractivity contribution in [3.63, 3.8) is 0 Å². The summed E-state index contributed by atoms with van der Waals surface area (Å²) in [6, 6.07) is 11.1. The lowest BCUT2D eigenvalue weighted by molar-refractivity contribution is -0.139. The van der Waals surface area contributed by atoms with Crippen LogP contribution >= 0.6 is 11.3 Å². The van der Waals surface area contributed by atoms with Gasteiger partial charge in [-0.25, -0.2) is 8.42 Å². The molecule has 9 heteroatoms. The third-order valence-electron chi connectivity index (χ3n) is 6.10. The molecule has 1 aromatic carbocycles. The lowest BCUT2D eigenvalue weighted by atomic mass is 9.90. The van der Waals surface area contributed by atoms with E-state index in [0.717, 1.165) is 11.3 Å². The first-order valence-corrected chi connectivity index (χ1v) is 13.2. The van der Waals surface area contributed by atoms with Crippen molar-refractivity contribution in [2.45, 2.75) is 36.6 Å². The molecular formula is C23H32N2O5S2. The molecular weight excluding hydrogens is 448 g/mol. The topological polar surface area (TPSA) is 79.3 Å². The highest BCUT2D eigenvalue weighted by atomic mass is 32.2. The molecule has 2 aromatic rings. The van der Waals surface area contributed by atoms with Gasteiger partial charge in [-0.05, 0) is 43.0 Å². The van der Waals surface area contributed by atoms with Crippen molar-refractivity contribution < 1.29 is 23.0 Å². The van der Waals surface area contributed by atoms with Gasteiger partial charge in [0.25, 0.3) is 10.0 Å². The lowest BCUT2D eigenvalue weighted by Crippen LogP contribution is -2.57. The van der Waals surface area contributed by atoms with E-state index in [2.05, 4.69) is 11.8 Å². The van der Waals surface area contributed by atoms with Crippen LogP contribution in [0, 0.1) is 5.41 Å². The van der Waals surface area contributed by atoms with Crippen molar-refractivity contribution in [2.75, 3.05) is 51.0 Å². The third kappa shape index (κ3) is 5.03. The van der Waals surface area contributed by atoms with Crippen LogP contribution in [0.15, 0.2) is 46.0 Å². The molecule has 3 heterocycles. The molecule has 0 unspecified atom stereocenters. The van der Waals surface area contributed by atoms with Gasteiger partial charge in [0, 0.05) is 30.7 Å². The van der Waals surface area contributed by atoms with Crippen LogP contribution in [0.2, 0.25) is 0 Å². The Hall–Kier alpha value is -1.49. The quantitative estimate of drug-likeness (QED) is 0.626. The summed E-state index contributed by atoms with van der Waals surface area (Å²) in [5.41, 5.74) is 0.967. The maximum atomic E-state index is 13.1. The number of benzene rings is 1. The van der Waals surface area contributed by atoms with Gasteiger partial charge < -0.3 is 19.5 Å². The Kier molecular flexibility index (Phi) is 6.68. The maximum Gasteiger partial charge on any atom is 0.252 e. The second-order valence-corrected chi connectivity index (χ2v) is 12.7. The van der Waals surface area contributed by atoms with Crippen molar-refractivity contribution in [2.24, 2.45) is 5.41 Å². The number of hydrogen-bond acceptors (Lipinski definition) is 7. The van der Waals surface area contributed by atoms with Gasteiger partial charge in [-0.2, -0.15) is 4.31 Å². The molecule has 0 saturated carbocycles. The van der Waals surface area contributed by atoms with Crippen LogP contribution in [-0.4, -0.2) is 69.9 Å². The van der Waals surface area contributed by atoms with Crippen LogP contribution in [0.25, 0.3) is 0 Å². The second kappa shape index (κ2) is 9.04. The van der Waals surface area contributed by atoms with Gasteiger partial charge in [0.1, 0.15) is 4.21 Å².